The predicted octanol–water partition coefficient (Wildman–Crippen LogP) is 1.99. The number of hydrogen-bond acceptors (Lipinski definition) is 4. The molecule has 0 saturated carbocycles. The van der Waals surface area contributed by atoms with Gasteiger partial charge in [-0.05, 0) is 25.0 Å². The molecule has 19 heavy (non-hydrogen) atoms. The van der Waals surface area contributed by atoms with E-state index in [1.807, 2.05) is 30.3 Å². The van der Waals surface area contributed by atoms with Gasteiger partial charge in [-0.25, -0.2) is 0 Å². The SMILES string of the molecule is O=C(CCCOc1ccccc1)NC1CCSC1=O. The van der Waals surface area contributed by atoms with E-state index >= 15 is 0 Å². The Morgan fingerprint density at radius 3 is 2.84 bits per heavy atom. The molecule has 0 radical (unpaired) electrons. The molecule has 1 amide bonds. The number of carbonyl (C=O) groups is 2. The van der Waals surface area contributed by atoms with Gasteiger partial charge >= 0.3 is 0 Å². The summed E-state index contributed by atoms with van der Waals surface area (Å²) in [6, 6.07) is 9.23. The van der Waals surface area contributed by atoms with E-state index in [2.05, 4.69) is 5.32 Å². The molecule has 1 heterocycles. The largest absolute Gasteiger partial charge is 0.494 e. The van der Waals surface area contributed by atoms with Crippen LogP contribution in [0.3, 0.4) is 0 Å². The van der Waals surface area contributed by atoms with Crippen LogP contribution >= 0.6 is 11.8 Å². The third kappa shape index (κ3) is 4.59. The summed E-state index contributed by atoms with van der Waals surface area (Å²) in [5.74, 6) is 1.55. The van der Waals surface area contributed by atoms with Crippen LogP contribution in [0.4, 0.5) is 0 Å². The summed E-state index contributed by atoms with van der Waals surface area (Å²) in [7, 11) is 0. The van der Waals surface area contributed by atoms with Crippen molar-refractivity contribution < 1.29 is 14.3 Å². The third-order valence-electron chi connectivity index (χ3n) is 2.83. The number of ether oxygens (including phenoxy) is 1. The normalized spacial score (nSPS) is 18.3. The molecule has 1 unspecified atom stereocenters. The van der Waals surface area contributed by atoms with Crippen molar-refractivity contribution in [3.63, 3.8) is 0 Å². The molecule has 1 aromatic rings. The van der Waals surface area contributed by atoms with E-state index in [1.165, 1.54) is 11.8 Å². The van der Waals surface area contributed by atoms with Gasteiger partial charge in [-0.3, -0.25) is 9.59 Å². The minimum Gasteiger partial charge on any atom is -0.494 e. The Bertz CT molecular complexity index is 436. The Balaban J connectivity index is 1.60. The minimum atomic E-state index is -0.285. The fourth-order valence-corrected chi connectivity index (χ4v) is 2.77. The molecule has 2 rings (SSSR count). The lowest BCUT2D eigenvalue weighted by molar-refractivity contribution is -0.124. The molecule has 0 bridgehead atoms. The van der Waals surface area contributed by atoms with Crippen molar-refractivity contribution in [2.75, 3.05) is 12.4 Å². The quantitative estimate of drug-likeness (QED) is 0.809. The summed E-state index contributed by atoms with van der Waals surface area (Å²) in [5.41, 5.74) is 0. The van der Waals surface area contributed by atoms with E-state index in [-0.39, 0.29) is 17.1 Å². The first-order chi connectivity index (χ1) is 9.25. The summed E-state index contributed by atoms with van der Waals surface area (Å²) in [6.07, 6.45) is 1.78. The maximum atomic E-state index is 11.6. The van der Waals surface area contributed by atoms with Crippen molar-refractivity contribution in [2.24, 2.45) is 0 Å². The highest BCUT2D eigenvalue weighted by atomic mass is 32.2. The number of carbonyl (C=O) groups excluding carboxylic acids is 2. The fourth-order valence-electron chi connectivity index (χ4n) is 1.83. The Labute approximate surface area is 116 Å². The van der Waals surface area contributed by atoms with Crippen molar-refractivity contribution in [2.45, 2.75) is 25.3 Å². The topological polar surface area (TPSA) is 55.4 Å². The van der Waals surface area contributed by atoms with Crippen LogP contribution in [0.2, 0.25) is 0 Å². The molecule has 1 aliphatic heterocycles. The third-order valence-corrected chi connectivity index (χ3v) is 3.84. The summed E-state index contributed by atoms with van der Waals surface area (Å²) >= 11 is 1.29. The standard InChI is InChI=1S/C14H17NO3S/c16-13(15-12-8-10-19-14(12)17)7-4-9-18-11-5-2-1-3-6-11/h1-3,5-6,12H,4,7-10H2,(H,15,16). The lowest BCUT2D eigenvalue weighted by atomic mass is 10.2. The molecular formula is C14H17NO3S. The van der Waals surface area contributed by atoms with Gasteiger partial charge in [-0.1, -0.05) is 30.0 Å². The van der Waals surface area contributed by atoms with Crippen LogP contribution in [0.25, 0.3) is 0 Å². The number of amides is 1. The summed E-state index contributed by atoms with van der Waals surface area (Å²) in [4.78, 5) is 23.0. The zero-order valence-electron chi connectivity index (χ0n) is 10.6. The van der Waals surface area contributed by atoms with Crippen molar-refractivity contribution in [3.05, 3.63) is 30.3 Å². The molecule has 1 aromatic carbocycles. The van der Waals surface area contributed by atoms with Gasteiger partial charge < -0.3 is 10.1 Å². The van der Waals surface area contributed by atoms with Gasteiger partial charge in [0.1, 0.15) is 5.75 Å². The number of thioether (sulfide) groups is 1. The van der Waals surface area contributed by atoms with Gasteiger partial charge in [0.25, 0.3) is 0 Å². The van der Waals surface area contributed by atoms with E-state index in [4.69, 9.17) is 4.74 Å². The Morgan fingerprint density at radius 2 is 2.16 bits per heavy atom. The molecule has 1 fully saturated rings. The van der Waals surface area contributed by atoms with Crippen molar-refractivity contribution in [1.82, 2.24) is 5.32 Å². The summed E-state index contributed by atoms with van der Waals surface area (Å²) < 4.78 is 5.50. The van der Waals surface area contributed by atoms with E-state index in [0.717, 1.165) is 17.9 Å². The van der Waals surface area contributed by atoms with E-state index in [9.17, 15) is 9.59 Å². The molecule has 0 aliphatic carbocycles. The van der Waals surface area contributed by atoms with Crippen LogP contribution in [0.15, 0.2) is 30.3 Å². The highest BCUT2D eigenvalue weighted by Gasteiger charge is 2.26. The molecule has 102 valence electrons. The first kappa shape index (κ1) is 13.9. The lowest BCUT2D eigenvalue weighted by Gasteiger charge is -2.10. The number of hydrogen-bond donors (Lipinski definition) is 1. The number of para-hydroxylation sites is 1. The van der Waals surface area contributed by atoms with Crippen LogP contribution in [0.1, 0.15) is 19.3 Å². The number of rotatable bonds is 6. The minimum absolute atomic E-state index is 0.0717. The smallest absolute Gasteiger partial charge is 0.220 e. The van der Waals surface area contributed by atoms with Crippen LogP contribution in [0.5, 0.6) is 5.75 Å². The fraction of sp³-hybridized carbons (Fsp3) is 0.429. The van der Waals surface area contributed by atoms with E-state index < -0.39 is 0 Å². The maximum absolute atomic E-state index is 11.6. The molecule has 5 heteroatoms. The number of benzene rings is 1. The zero-order chi connectivity index (χ0) is 13.5. The van der Waals surface area contributed by atoms with E-state index in [0.29, 0.717) is 19.4 Å². The molecule has 0 spiro atoms. The average Bonchev–Trinajstić information content (AvgIpc) is 2.82. The van der Waals surface area contributed by atoms with Crippen LogP contribution in [0, 0.1) is 0 Å². The Kier molecular flexibility index (Phi) is 5.27. The van der Waals surface area contributed by atoms with Crippen LogP contribution < -0.4 is 10.1 Å². The van der Waals surface area contributed by atoms with Crippen molar-refractivity contribution in [3.8, 4) is 5.75 Å². The monoisotopic (exact) mass is 279 g/mol. The van der Waals surface area contributed by atoms with Gasteiger partial charge in [-0.15, -0.1) is 0 Å². The molecule has 0 aromatic heterocycles. The highest BCUT2D eigenvalue weighted by molar-refractivity contribution is 8.14. The molecule has 1 aliphatic rings. The summed E-state index contributed by atoms with van der Waals surface area (Å²) in [5, 5.41) is 2.84. The van der Waals surface area contributed by atoms with Crippen LogP contribution in [-0.2, 0) is 9.59 Å². The first-order valence-electron chi connectivity index (χ1n) is 6.39. The molecular weight excluding hydrogens is 262 g/mol. The second kappa shape index (κ2) is 7.19. The van der Waals surface area contributed by atoms with Gasteiger partial charge in [0.05, 0.1) is 12.6 Å². The first-order valence-corrected chi connectivity index (χ1v) is 7.38. The number of nitrogens with one attached hydrogen (secondary N) is 1. The zero-order valence-corrected chi connectivity index (χ0v) is 11.4. The second-order valence-electron chi connectivity index (χ2n) is 4.34. The summed E-state index contributed by atoms with van der Waals surface area (Å²) in [6.45, 7) is 0.505. The van der Waals surface area contributed by atoms with E-state index in [1.54, 1.807) is 0 Å². The van der Waals surface area contributed by atoms with Crippen LogP contribution in [-0.4, -0.2) is 29.4 Å². The van der Waals surface area contributed by atoms with Gasteiger partial charge in [0, 0.05) is 12.2 Å². The highest BCUT2D eigenvalue weighted by Crippen LogP contribution is 2.19. The van der Waals surface area contributed by atoms with Gasteiger partial charge in [0.15, 0.2) is 0 Å². The Morgan fingerprint density at radius 1 is 1.37 bits per heavy atom. The van der Waals surface area contributed by atoms with Crippen molar-refractivity contribution in [1.29, 1.82) is 0 Å². The molecule has 1 atom stereocenters. The molecule has 1 saturated heterocycles. The maximum Gasteiger partial charge on any atom is 0.220 e. The van der Waals surface area contributed by atoms with Gasteiger partial charge in [-0.2, -0.15) is 0 Å². The average molecular weight is 279 g/mol. The Hall–Kier alpha value is -1.49. The second-order valence-corrected chi connectivity index (χ2v) is 5.44. The van der Waals surface area contributed by atoms with Crippen molar-refractivity contribution >= 4 is 22.8 Å². The van der Waals surface area contributed by atoms with Gasteiger partial charge in [0.2, 0.25) is 11.0 Å². The predicted molar refractivity (Wildman–Crippen MR) is 75.2 cm³/mol. The molecule has 4 nitrogen and oxygen atoms in total. The lowest BCUT2D eigenvalue weighted by Crippen LogP contribution is -2.37. The molecule has 1 N–H and O–H groups in total.